The van der Waals surface area contributed by atoms with Crippen molar-refractivity contribution in [2.75, 3.05) is 0 Å². The van der Waals surface area contributed by atoms with Crippen molar-refractivity contribution in [1.29, 1.82) is 0 Å². The molecule has 33 heavy (non-hydrogen) atoms. The third kappa shape index (κ3) is 3.25. The molecule has 0 unspecified atom stereocenters. The molecule has 0 atom stereocenters. The minimum absolute atomic E-state index is 0.0156. The first-order valence-corrected chi connectivity index (χ1v) is 12.0. The Labute approximate surface area is 196 Å². The molecule has 0 aliphatic carbocycles. The second-order valence-electron chi connectivity index (χ2n) is 9.64. The van der Waals surface area contributed by atoms with Gasteiger partial charge in [-0.15, -0.1) is 16.4 Å². The van der Waals surface area contributed by atoms with Gasteiger partial charge in [-0.05, 0) is 58.5 Å². The van der Waals surface area contributed by atoms with Crippen molar-refractivity contribution in [2.45, 2.75) is 33.1 Å². The van der Waals surface area contributed by atoms with E-state index in [2.05, 4.69) is 86.4 Å². The van der Waals surface area contributed by atoms with E-state index in [1.54, 1.807) is 11.3 Å². The lowest BCUT2D eigenvalue weighted by Crippen LogP contribution is -2.12. The minimum Gasteiger partial charge on any atom is -0.455 e. The molecule has 0 saturated heterocycles. The topological polar surface area (TPSA) is 38.9 Å². The van der Waals surface area contributed by atoms with Crippen LogP contribution >= 0.6 is 11.3 Å². The molecule has 0 N–H and O–H groups in total. The van der Waals surface area contributed by atoms with E-state index >= 15 is 0 Å². The minimum atomic E-state index is 0.0156. The molecule has 3 nitrogen and oxygen atoms in total. The highest BCUT2D eigenvalue weighted by molar-refractivity contribution is 7.23. The maximum atomic E-state index is 6.20. The predicted molar refractivity (Wildman–Crippen MR) is 139 cm³/mol. The zero-order valence-electron chi connectivity index (χ0n) is 19.1. The summed E-state index contributed by atoms with van der Waals surface area (Å²) in [7, 11) is 0. The monoisotopic (exact) mass is 448 g/mol. The van der Waals surface area contributed by atoms with Crippen LogP contribution in [-0.2, 0) is 5.41 Å². The maximum Gasteiger partial charge on any atom is 0.145 e. The standard InChI is InChI=1S/C29H24N2OS/c1-17-22-16-30-31-26(20-13-18-9-5-7-11-21(18)23(14-20)29(2,3)4)28(22)33-27(17)25-15-19-10-6-8-12-24(19)32-25/h5-16H,1-4H3. The average Bonchev–Trinajstić information content (AvgIpc) is 3.38. The smallest absolute Gasteiger partial charge is 0.145 e. The third-order valence-electron chi connectivity index (χ3n) is 6.35. The number of aromatic nitrogens is 2. The summed E-state index contributed by atoms with van der Waals surface area (Å²) in [6.07, 6.45) is 1.88. The van der Waals surface area contributed by atoms with Crippen LogP contribution in [0.4, 0.5) is 0 Å². The molecular weight excluding hydrogens is 424 g/mol. The van der Waals surface area contributed by atoms with Crippen molar-refractivity contribution in [2.24, 2.45) is 0 Å². The number of para-hydroxylation sites is 1. The van der Waals surface area contributed by atoms with E-state index in [0.717, 1.165) is 43.0 Å². The van der Waals surface area contributed by atoms with Gasteiger partial charge in [0.25, 0.3) is 0 Å². The molecule has 3 aromatic heterocycles. The molecule has 6 aromatic rings. The van der Waals surface area contributed by atoms with Crippen LogP contribution in [0.25, 0.3) is 53.7 Å². The molecular formula is C29H24N2OS. The molecule has 3 aromatic carbocycles. The van der Waals surface area contributed by atoms with E-state index in [1.165, 1.54) is 21.9 Å². The molecule has 0 bridgehead atoms. The highest BCUT2D eigenvalue weighted by Crippen LogP contribution is 2.44. The third-order valence-corrected chi connectivity index (χ3v) is 7.67. The lowest BCUT2D eigenvalue weighted by molar-refractivity contribution is 0.596. The number of hydrogen-bond acceptors (Lipinski definition) is 4. The van der Waals surface area contributed by atoms with Crippen LogP contribution in [0.1, 0.15) is 31.9 Å². The van der Waals surface area contributed by atoms with Gasteiger partial charge in [0.2, 0.25) is 0 Å². The second-order valence-corrected chi connectivity index (χ2v) is 10.7. The molecule has 0 amide bonds. The largest absolute Gasteiger partial charge is 0.455 e. The van der Waals surface area contributed by atoms with Gasteiger partial charge in [-0.2, -0.15) is 5.10 Å². The van der Waals surface area contributed by atoms with E-state index in [1.807, 2.05) is 24.4 Å². The van der Waals surface area contributed by atoms with Crippen molar-refractivity contribution in [3.8, 4) is 21.9 Å². The van der Waals surface area contributed by atoms with Crippen molar-refractivity contribution >= 4 is 43.2 Å². The number of furan rings is 1. The Morgan fingerprint density at radius 3 is 2.39 bits per heavy atom. The Hall–Kier alpha value is -3.50. The summed E-state index contributed by atoms with van der Waals surface area (Å²) >= 11 is 1.74. The predicted octanol–water partition coefficient (Wildman–Crippen LogP) is 8.53. The van der Waals surface area contributed by atoms with Crippen LogP contribution in [0.15, 0.2) is 77.3 Å². The lowest BCUT2D eigenvalue weighted by Gasteiger charge is -2.22. The molecule has 0 fully saturated rings. The zero-order valence-corrected chi connectivity index (χ0v) is 20.0. The van der Waals surface area contributed by atoms with Crippen molar-refractivity contribution < 1.29 is 4.42 Å². The fourth-order valence-corrected chi connectivity index (χ4v) is 5.87. The molecule has 0 spiro atoms. The number of aryl methyl sites for hydroxylation is 1. The Bertz CT molecular complexity index is 1630. The van der Waals surface area contributed by atoms with Crippen molar-refractivity contribution in [3.63, 3.8) is 0 Å². The number of hydrogen-bond donors (Lipinski definition) is 0. The quantitative estimate of drug-likeness (QED) is 0.266. The van der Waals surface area contributed by atoms with Crippen LogP contribution in [-0.4, -0.2) is 10.2 Å². The molecule has 0 aliphatic heterocycles. The highest BCUT2D eigenvalue weighted by Gasteiger charge is 2.22. The SMILES string of the molecule is Cc1c(-c2cc3ccccc3o2)sc2c(-c3cc(C(C)(C)C)c4ccccc4c3)nncc12. The van der Waals surface area contributed by atoms with E-state index in [0.29, 0.717) is 0 Å². The van der Waals surface area contributed by atoms with Gasteiger partial charge in [-0.3, -0.25) is 0 Å². The van der Waals surface area contributed by atoms with Gasteiger partial charge in [0.1, 0.15) is 17.0 Å². The second kappa shape index (κ2) is 7.26. The Morgan fingerprint density at radius 1 is 0.848 bits per heavy atom. The molecule has 4 heteroatoms. The molecule has 6 rings (SSSR count). The first-order chi connectivity index (χ1) is 15.9. The first kappa shape index (κ1) is 20.1. The van der Waals surface area contributed by atoms with E-state index in [4.69, 9.17) is 4.42 Å². The average molecular weight is 449 g/mol. The summed E-state index contributed by atoms with van der Waals surface area (Å²) in [5.74, 6) is 0.898. The number of benzene rings is 3. The van der Waals surface area contributed by atoms with Crippen LogP contribution in [0.5, 0.6) is 0 Å². The van der Waals surface area contributed by atoms with Gasteiger partial charge in [-0.25, -0.2) is 0 Å². The molecule has 3 heterocycles. The van der Waals surface area contributed by atoms with Crippen molar-refractivity contribution in [3.05, 3.63) is 84.1 Å². The maximum absolute atomic E-state index is 6.20. The van der Waals surface area contributed by atoms with E-state index < -0.39 is 0 Å². The van der Waals surface area contributed by atoms with Gasteiger partial charge in [0, 0.05) is 16.3 Å². The van der Waals surface area contributed by atoms with E-state index in [-0.39, 0.29) is 5.41 Å². The van der Waals surface area contributed by atoms with Crippen molar-refractivity contribution in [1.82, 2.24) is 10.2 Å². The fourth-order valence-electron chi connectivity index (χ4n) is 4.63. The first-order valence-electron chi connectivity index (χ1n) is 11.2. The van der Waals surface area contributed by atoms with Gasteiger partial charge in [0.05, 0.1) is 15.8 Å². The van der Waals surface area contributed by atoms with Gasteiger partial charge in [0.15, 0.2) is 0 Å². The van der Waals surface area contributed by atoms with Gasteiger partial charge >= 0.3 is 0 Å². The Morgan fingerprint density at radius 2 is 1.61 bits per heavy atom. The van der Waals surface area contributed by atoms with Gasteiger partial charge in [-0.1, -0.05) is 63.2 Å². The number of thiophene rings is 1. The molecule has 0 radical (unpaired) electrons. The number of fused-ring (bicyclic) bond motifs is 3. The van der Waals surface area contributed by atoms with Crippen LogP contribution < -0.4 is 0 Å². The summed E-state index contributed by atoms with van der Waals surface area (Å²) in [6.45, 7) is 8.94. The van der Waals surface area contributed by atoms with E-state index in [9.17, 15) is 0 Å². The van der Waals surface area contributed by atoms with Crippen LogP contribution in [0, 0.1) is 6.92 Å². The Balaban J connectivity index is 1.60. The zero-order chi connectivity index (χ0) is 22.7. The van der Waals surface area contributed by atoms with Gasteiger partial charge < -0.3 is 4.42 Å². The summed E-state index contributed by atoms with van der Waals surface area (Å²) in [5.41, 5.74) is 5.46. The lowest BCUT2D eigenvalue weighted by atomic mass is 9.82. The molecule has 0 aliphatic rings. The summed E-state index contributed by atoms with van der Waals surface area (Å²) in [4.78, 5) is 1.13. The Kier molecular flexibility index (Phi) is 4.43. The molecule has 0 saturated carbocycles. The number of nitrogens with zero attached hydrogens (tertiary/aromatic N) is 2. The normalized spacial score (nSPS) is 12.2. The summed E-state index contributed by atoms with van der Waals surface area (Å²) < 4.78 is 7.35. The van der Waals surface area contributed by atoms with Crippen LogP contribution in [0.3, 0.4) is 0 Å². The highest BCUT2D eigenvalue weighted by atomic mass is 32.1. The van der Waals surface area contributed by atoms with Crippen LogP contribution in [0.2, 0.25) is 0 Å². The summed E-state index contributed by atoms with van der Waals surface area (Å²) in [5, 5.41) is 13.8. The fraction of sp³-hybridized carbons (Fsp3) is 0.172. The number of rotatable bonds is 2. The summed E-state index contributed by atoms with van der Waals surface area (Å²) in [6, 6.07) is 23.4. The molecule has 162 valence electrons.